The van der Waals surface area contributed by atoms with Gasteiger partial charge in [0.25, 0.3) is 0 Å². The number of hydrogen-bond acceptors (Lipinski definition) is 5. The van der Waals surface area contributed by atoms with Crippen LogP contribution in [0.5, 0.6) is 0 Å². The summed E-state index contributed by atoms with van der Waals surface area (Å²) < 4.78 is 0. The lowest BCUT2D eigenvalue weighted by Crippen LogP contribution is -2.36. The molecule has 0 bridgehead atoms. The number of nitrogens with zero attached hydrogens (tertiary/aromatic N) is 2. The highest BCUT2D eigenvalue weighted by Crippen LogP contribution is 2.09. The molecule has 1 aromatic heterocycles. The van der Waals surface area contributed by atoms with Crippen LogP contribution in [0.25, 0.3) is 0 Å². The molecule has 0 aliphatic carbocycles. The molecular formula is C11H18N4S. The number of nitrogen functional groups attached to an aromatic ring is 1. The van der Waals surface area contributed by atoms with Gasteiger partial charge in [0.1, 0.15) is 5.82 Å². The second-order valence-electron chi connectivity index (χ2n) is 3.85. The molecule has 2 heterocycles. The monoisotopic (exact) mass is 238 g/mol. The Morgan fingerprint density at radius 2 is 2.19 bits per heavy atom. The van der Waals surface area contributed by atoms with Gasteiger partial charge in [-0.05, 0) is 12.1 Å². The molecule has 88 valence electrons. The van der Waals surface area contributed by atoms with Crippen LogP contribution in [0.1, 0.15) is 0 Å². The molecule has 16 heavy (non-hydrogen) atoms. The topological polar surface area (TPSA) is 54.2 Å². The van der Waals surface area contributed by atoms with E-state index < -0.39 is 0 Å². The van der Waals surface area contributed by atoms with E-state index in [4.69, 9.17) is 5.73 Å². The summed E-state index contributed by atoms with van der Waals surface area (Å²) in [5.74, 6) is 3.10. The van der Waals surface area contributed by atoms with E-state index in [-0.39, 0.29) is 0 Å². The number of nitrogens with one attached hydrogen (secondary N) is 1. The minimum atomic E-state index is 0.568. The highest BCUT2D eigenvalue weighted by atomic mass is 32.2. The van der Waals surface area contributed by atoms with Crippen LogP contribution in [0.3, 0.4) is 0 Å². The minimum Gasteiger partial charge on any atom is -0.384 e. The lowest BCUT2D eigenvalue weighted by molar-refractivity contribution is 0.314. The molecule has 1 aromatic rings. The lowest BCUT2D eigenvalue weighted by Gasteiger charge is -2.26. The zero-order valence-corrected chi connectivity index (χ0v) is 10.2. The van der Waals surface area contributed by atoms with E-state index in [1.54, 1.807) is 6.20 Å². The van der Waals surface area contributed by atoms with Gasteiger partial charge in [0, 0.05) is 37.7 Å². The largest absolute Gasteiger partial charge is 0.384 e. The molecule has 0 atom stereocenters. The quantitative estimate of drug-likeness (QED) is 0.823. The highest BCUT2D eigenvalue weighted by molar-refractivity contribution is 7.99. The molecule has 1 aliphatic heterocycles. The van der Waals surface area contributed by atoms with Gasteiger partial charge in [-0.3, -0.25) is 4.90 Å². The number of hydrogen-bond donors (Lipinski definition) is 2. The first-order chi connectivity index (χ1) is 7.84. The molecule has 0 radical (unpaired) electrons. The molecule has 0 unspecified atom stereocenters. The Morgan fingerprint density at radius 3 is 2.88 bits per heavy atom. The average Bonchev–Trinajstić information content (AvgIpc) is 2.33. The van der Waals surface area contributed by atoms with Gasteiger partial charge in [0.05, 0.1) is 11.9 Å². The number of rotatable bonds is 4. The van der Waals surface area contributed by atoms with Crippen molar-refractivity contribution >= 4 is 23.3 Å². The first kappa shape index (κ1) is 11.5. The second-order valence-corrected chi connectivity index (χ2v) is 5.08. The zero-order valence-electron chi connectivity index (χ0n) is 9.35. The van der Waals surface area contributed by atoms with E-state index in [0.29, 0.717) is 5.82 Å². The normalized spacial score (nSPS) is 17.2. The summed E-state index contributed by atoms with van der Waals surface area (Å²) in [7, 11) is 0. The predicted octanol–water partition coefficient (Wildman–Crippen LogP) is 1.12. The molecule has 1 fully saturated rings. The fourth-order valence-electron chi connectivity index (χ4n) is 1.69. The standard InChI is InChI=1S/C11H18N4S/c12-11-2-1-10(9-14-11)13-3-4-15-5-7-16-8-6-15/h1-2,9,13H,3-8H2,(H2,12,14). The van der Waals surface area contributed by atoms with Gasteiger partial charge in [-0.25, -0.2) is 4.98 Å². The Morgan fingerprint density at radius 1 is 1.38 bits per heavy atom. The summed E-state index contributed by atoms with van der Waals surface area (Å²) in [6, 6.07) is 3.79. The van der Waals surface area contributed by atoms with E-state index in [2.05, 4.69) is 15.2 Å². The van der Waals surface area contributed by atoms with Crippen LogP contribution in [-0.4, -0.2) is 47.6 Å². The molecule has 0 spiro atoms. The van der Waals surface area contributed by atoms with Crippen LogP contribution in [0.4, 0.5) is 11.5 Å². The number of nitrogens with two attached hydrogens (primary N) is 1. The van der Waals surface area contributed by atoms with Crippen molar-refractivity contribution < 1.29 is 0 Å². The number of aromatic nitrogens is 1. The Bertz CT molecular complexity index is 308. The summed E-state index contributed by atoms with van der Waals surface area (Å²) in [4.78, 5) is 6.54. The summed E-state index contributed by atoms with van der Waals surface area (Å²) in [5, 5.41) is 3.35. The van der Waals surface area contributed by atoms with E-state index in [1.165, 1.54) is 24.6 Å². The third-order valence-corrected chi connectivity index (χ3v) is 3.59. The van der Waals surface area contributed by atoms with Crippen LogP contribution in [0.15, 0.2) is 18.3 Å². The van der Waals surface area contributed by atoms with Crippen LogP contribution < -0.4 is 11.1 Å². The third-order valence-electron chi connectivity index (χ3n) is 2.65. The van der Waals surface area contributed by atoms with Crippen LogP contribution in [0, 0.1) is 0 Å². The van der Waals surface area contributed by atoms with Crippen molar-refractivity contribution in [3.63, 3.8) is 0 Å². The van der Waals surface area contributed by atoms with Gasteiger partial charge in [-0.1, -0.05) is 0 Å². The van der Waals surface area contributed by atoms with Crippen LogP contribution in [0.2, 0.25) is 0 Å². The highest BCUT2D eigenvalue weighted by Gasteiger charge is 2.08. The smallest absolute Gasteiger partial charge is 0.123 e. The van der Waals surface area contributed by atoms with Crippen molar-refractivity contribution in [1.29, 1.82) is 0 Å². The first-order valence-corrected chi connectivity index (χ1v) is 6.75. The van der Waals surface area contributed by atoms with E-state index in [1.807, 2.05) is 23.9 Å². The maximum atomic E-state index is 5.52. The molecule has 0 aromatic carbocycles. The van der Waals surface area contributed by atoms with Crippen molar-refractivity contribution in [2.75, 3.05) is 48.7 Å². The molecule has 0 saturated carbocycles. The Hall–Kier alpha value is -0.940. The summed E-state index contributed by atoms with van der Waals surface area (Å²) >= 11 is 2.04. The Balaban J connectivity index is 1.69. The fraction of sp³-hybridized carbons (Fsp3) is 0.545. The first-order valence-electron chi connectivity index (χ1n) is 5.60. The van der Waals surface area contributed by atoms with Gasteiger partial charge in [0.2, 0.25) is 0 Å². The second kappa shape index (κ2) is 5.96. The van der Waals surface area contributed by atoms with Crippen molar-refractivity contribution in [3.05, 3.63) is 18.3 Å². The molecule has 0 amide bonds. The van der Waals surface area contributed by atoms with E-state index in [0.717, 1.165) is 18.8 Å². The minimum absolute atomic E-state index is 0.568. The fourth-order valence-corrected chi connectivity index (χ4v) is 2.67. The van der Waals surface area contributed by atoms with Gasteiger partial charge >= 0.3 is 0 Å². The molecule has 5 heteroatoms. The van der Waals surface area contributed by atoms with Crippen LogP contribution >= 0.6 is 11.8 Å². The molecule has 1 saturated heterocycles. The van der Waals surface area contributed by atoms with E-state index in [9.17, 15) is 0 Å². The van der Waals surface area contributed by atoms with Gasteiger partial charge in [0.15, 0.2) is 0 Å². The van der Waals surface area contributed by atoms with Crippen molar-refractivity contribution in [1.82, 2.24) is 9.88 Å². The Kier molecular flexibility index (Phi) is 4.30. The van der Waals surface area contributed by atoms with Crippen molar-refractivity contribution in [2.45, 2.75) is 0 Å². The Labute approximate surface area is 101 Å². The summed E-state index contributed by atoms with van der Waals surface area (Å²) in [6.45, 7) is 4.50. The van der Waals surface area contributed by atoms with E-state index >= 15 is 0 Å². The summed E-state index contributed by atoms with van der Waals surface area (Å²) in [6.07, 6.45) is 1.78. The maximum absolute atomic E-state index is 5.52. The molecule has 1 aliphatic rings. The van der Waals surface area contributed by atoms with Crippen molar-refractivity contribution in [3.8, 4) is 0 Å². The van der Waals surface area contributed by atoms with Crippen molar-refractivity contribution in [2.24, 2.45) is 0 Å². The van der Waals surface area contributed by atoms with Gasteiger partial charge in [-0.2, -0.15) is 11.8 Å². The zero-order chi connectivity index (χ0) is 11.2. The predicted molar refractivity (Wildman–Crippen MR) is 70.9 cm³/mol. The molecule has 4 nitrogen and oxygen atoms in total. The maximum Gasteiger partial charge on any atom is 0.123 e. The molecule has 3 N–H and O–H groups in total. The lowest BCUT2D eigenvalue weighted by atomic mass is 10.4. The molecule has 2 rings (SSSR count). The van der Waals surface area contributed by atoms with Crippen LogP contribution in [-0.2, 0) is 0 Å². The number of thioether (sulfide) groups is 1. The van der Waals surface area contributed by atoms with Gasteiger partial charge < -0.3 is 11.1 Å². The number of pyridine rings is 1. The summed E-state index contributed by atoms with van der Waals surface area (Å²) in [5.41, 5.74) is 6.57. The van der Waals surface area contributed by atoms with Gasteiger partial charge in [-0.15, -0.1) is 0 Å². The molecular weight excluding hydrogens is 220 g/mol. The number of anilines is 2. The SMILES string of the molecule is Nc1ccc(NCCN2CCSCC2)cn1. The third kappa shape index (κ3) is 3.57. The average molecular weight is 238 g/mol.